The average molecular weight is 434 g/mol. The van der Waals surface area contributed by atoms with E-state index in [0.717, 1.165) is 26.0 Å². The fraction of sp³-hybridized carbons (Fsp3) is 0.389. The Balaban J connectivity index is 0.00000240. The standard InChI is InChI=1S/C17H12ClF4N3O3.CH4/c1-24-10(17(20,21)22)6-12(26)25(16(24)27)14-9(19)5-8(18)13-15(14)28-11(23-13)4-7-2-3-7;/h5-7H,2-4H2,1H3;1H4. The summed E-state index contributed by atoms with van der Waals surface area (Å²) in [5.41, 5.74) is -5.02. The van der Waals surface area contributed by atoms with Gasteiger partial charge in [0.05, 0.1) is 5.02 Å². The Morgan fingerprint density at radius 2 is 1.93 bits per heavy atom. The molecule has 0 N–H and O–H groups in total. The lowest BCUT2D eigenvalue weighted by Crippen LogP contribution is -2.41. The van der Waals surface area contributed by atoms with Crippen molar-refractivity contribution in [1.82, 2.24) is 14.1 Å². The van der Waals surface area contributed by atoms with Crippen molar-refractivity contribution in [2.45, 2.75) is 32.9 Å². The van der Waals surface area contributed by atoms with E-state index in [0.29, 0.717) is 12.3 Å². The van der Waals surface area contributed by atoms with Crippen molar-refractivity contribution in [2.75, 3.05) is 0 Å². The first-order valence-electron chi connectivity index (χ1n) is 8.26. The number of hydrogen-bond donors (Lipinski definition) is 0. The highest BCUT2D eigenvalue weighted by Crippen LogP contribution is 2.36. The number of halogens is 5. The molecular formula is C18H16ClF4N3O3. The fourth-order valence-electron chi connectivity index (χ4n) is 3.01. The van der Waals surface area contributed by atoms with Crippen molar-refractivity contribution in [3.8, 4) is 5.69 Å². The zero-order chi connectivity index (χ0) is 20.4. The van der Waals surface area contributed by atoms with Gasteiger partial charge >= 0.3 is 11.9 Å². The molecule has 2 aromatic heterocycles. The van der Waals surface area contributed by atoms with Gasteiger partial charge in [0.1, 0.15) is 16.9 Å². The molecule has 0 aliphatic heterocycles. The van der Waals surface area contributed by atoms with Crippen molar-refractivity contribution in [3.63, 3.8) is 0 Å². The molecular weight excluding hydrogens is 418 g/mol. The third kappa shape index (κ3) is 3.57. The van der Waals surface area contributed by atoms with E-state index < -0.39 is 34.6 Å². The number of rotatable bonds is 3. The predicted molar refractivity (Wildman–Crippen MR) is 98.0 cm³/mol. The molecule has 1 aromatic carbocycles. The molecule has 156 valence electrons. The maximum Gasteiger partial charge on any atom is 0.431 e. The topological polar surface area (TPSA) is 70.0 Å². The molecule has 0 spiro atoms. The molecule has 29 heavy (non-hydrogen) atoms. The first-order chi connectivity index (χ1) is 13.1. The molecule has 0 amide bonds. The van der Waals surface area contributed by atoms with Crippen LogP contribution in [-0.2, 0) is 19.6 Å². The van der Waals surface area contributed by atoms with E-state index in [1.54, 1.807) is 0 Å². The second kappa shape index (κ2) is 7.01. The quantitative estimate of drug-likeness (QED) is 0.584. The molecule has 2 heterocycles. The molecule has 4 rings (SSSR count). The third-order valence-electron chi connectivity index (χ3n) is 4.59. The largest absolute Gasteiger partial charge is 0.438 e. The van der Waals surface area contributed by atoms with Crippen molar-refractivity contribution >= 4 is 22.7 Å². The van der Waals surface area contributed by atoms with Crippen LogP contribution >= 0.6 is 11.6 Å². The van der Waals surface area contributed by atoms with Crippen LogP contribution in [0.1, 0.15) is 31.9 Å². The Bertz CT molecular complexity index is 1220. The second-order valence-electron chi connectivity index (χ2n) is 6.66. The van der Waals surface area contributed by atoms with E-state index in [1.807, 2.05) is 0 Å². The van der Waals surface area contributed by atoms with Crippen LogP contribution in [0.25, 0.3) is 16.8 Å². The van der Waals surface area contributed by atoms with E-state index in [2.05, 4.69) is 4.98 Å². The summed E-state index contributed by atoms with van der Waals surface area (Å²) in [5.74, 6) is -0.463. The van der Waals surface area contributed by atoms with Crippen molar-refractivity contribution < 1.29 is 22.0 Å². The SMILES string of the molecule is C.Cn1c(C(F)(F)F)cc(=O)n(-c2c(F)cc(Cl)c3nc(CC4CC4)oc23)c1=O. The molecule has 0 saturated heterocycles. The Hall–Kier alpha value is -2.62. The van der Waals surface area contributed by atoms with Crippen LogP contribution in [0.2, 0.25) is 5.02 Å². The van der Waals surface area contributed by atoms with Crippen LogP contribution < -0.4 is 11.2 Å². The van der Waals surface area contributed by atoms with E-state index in [9.17, 15) is 27.2 Å². The summed E-state index contributed by atoms with van der Waals surface area (Å²) in [6.45, 7) is 0. The predicted octanol–water partition coefficient (Wildman–Crippen LogP) is 4.08. The number of oxazole rings is 1. The summed E-state index contributed by atoms with van der Waals surface area (Å²) in [6, 6.07) is 1.06. The number of hydrogen-bond acceptors (Lipinski definition) is 4. The van der Waals surface area contributed by atoms with E-state index in [4.69, 9.17) is 16.0 Å². The van der Waals surface area contributed by atoms with Gasteiger partial charge in [0.25, 0.3) is 5.56 Å². The summed E-state index contributed by atoms with van der Waals surface area (Å²) >= 11 is 6.00. The summed E-state index contributed by atoms with van der Waals surface area (Å²) in [6.07, 6.45) is -2.46. The molecule has 6 nitrogen and oxygen atoms in total. The molecule has 0 unspecified atom stereocenters. The van der Waals surface area contributed by atoms with Gasteiger partial charge in [-0.15, -0.1) is 0 Å². The number of fused-ring (bicyclic) bond motifs is 1. The lowest BCUT2D eigenvalue weighted by atomic mass is 10.2. The Labute approximate surface area is 166 Å². The highest BCUT2D eigenvalue weighted by Gasteiger charge is 2.36. The number of nitrogens with zero attached hydrogens (tertiary/aromatic N) is 3. The van der Waals surface area contributed by atoms with Gasteiger partial charge in [0.15, 0.2) is 17.3 Å². The van der Waals surface area contributed by atoms with Gasteiger partial charge in [-0.3, -0.25) is 9.36 Å². The van der Waals surface area contributed by atoms with Gasteiger partial charge < -0.3 is 4.42 Å². The highest BCUT2D eigenvalue weighted by atomic mass is 35.5. The Morgan fingerprint density at radius 3 is 2.52 bits per heavy atom. The van der Waals surface area contributed by atoms with Gasteiger partial charge in [-0.05, 0) is 24.8 Å². The molecule has 0 atom stereocenters. The Kier molecular flexibility index (Phi) is 5.10. The van der Waals surface area contributed by atoms with Crippen LogP contribution in [0.3, 0.4) is 0 Å². The maximum atomic E-state index is 14.7. The summed E-state index contributed by atoms with van der Waals surface area (Å²) in [4.78, 5) is 29.0. The molecule has 1 fully saturated rings. The van der Waals surface area contributed by atoms with Crippen LogP contribution in [0.4, 0.5) is 17.6 Å². The molecule has 11 heteroatoms. The number of aromatic nitrogens is 3. The summed E-state index contributed by atoms with van der Waals surface area (Å²) in [5, 5.41) is -0.0983. The van der Waals surface area contributed by atoms with Crippen LogP contribution in [0.15, 0.2) is 26.1 Å². The molecule has 0 radical (unpaired) electrons. The lowest BCUT2D eigenvalue weighted by Gasteiger charge is -2.14. The van der Waals surface area contributed by atoms with Crippen molar-refractivity contribution in [3.05, 3.63) is 55.4 Å². The van der Waals surface area contributed by atoms with Crippen molar-refractivity contribution in [1.29, 1.82) is 0 Å². The highest BCUT2D eigenvalue weighted by molar-refractivity contribution is 6.35. The van der Waals surface area contributed by atoms with Crippen LogP contribution in [0.5, 0.6) is 0 Å². The summed E-state index contributed by atoms with van der Waals surface area (Å²) in [7, 11) is 0.838. The zero-order valence-electron chi connectivity index (χ0n) is 14.3. The van der Waals surface area contributed by atoms with Gasteiger partial charge in [0.2, 0.25) is 0 Å². The monoisotopic (exact) mass is 433 g/mol. The normalized spacial score (nSPS) is 14.3. The third-order valence-corrected chi connectivity index (χ3v) is 4.87. The first-order valence-corrected chi connectivity index (χ1v) is 8.63. The van der Waals surface area contributed by atoms with Crippen molar-refractivity contribution in [2.24, 2.45) is 13.0 Å². The van der Waals surface area contributed by atoms with Gasteiger partial charge in [0, 0.05) is 19.5 Å². The minimum atomic E-state index is -4.93. The van der Waals surface area contributed by atoms with Gasteiger partial charge in [-0.1, -0.05) is 19.0 Å². The molecule has 0 bridgehead atoms. The summed E-state index contributed by atoms with van der Waals surface area (Å²) < 4.78 is 59.8. The second-order valence-corrected chi connectivity index (χ2v) is 7.07. The van der Waals surface area contributed by atoms with E-state index in [1.165, 1.54) is 0 Å². The molecule has 1 aliphatic rings. The number of benzene rings is 1. The minimum absolute atomic E-state index is 0. The van der Waals surface area contributed by atoms with E-state index in [-0.39, 0.29) is 44.6 Å². The first kappa shape index (κ1) is 21.1. The van der Waals surface area contributed by atoms with Gasteiger partial charge in [-0.2, -0.15) is 13.2 Å². The maximum absolute atomic E-state index is 14.7. The van der Waals surface area contributed by atoms with Crippen LogP contribution in [0, 0.1) is 11.7 Å². The van der Waals surface area contributed by atoms with Gasteiger partial charge in [-0.25, -0.2) is 18.7 Å². The fourth-order valence-corrected chi connectivity index (χ4v) is 3.24. The molecule has 1 aliphatic carbocycles. The average Bonchev–Trinajstić information content (AvgIpc) is 3.29. The number of alkyl halides is 3. The molecule has 3 aromatic rings. The van der Waals surface area contributed by atoms with E-state index >= 15 is 0 Å². The zero-order valence-corrected chi connectivity index (χ0v) is 15.1. The lowest BCUT2D eigenvalue weighted by molar-refractivity contribution is -0.144. The Morgan fingerprint density at radius 1 is 1.28 bits per heavy atom. The molecule has 1 saturated carbocycles. The minimum Gasteiger partial charge on any atom is -0.438 e. The smallest absolute Gasteiger partial charge is 0.431 e. The van der Waals surface area contributed by atoms with Crippen LogP contribution in [-0.4, -0.2) is 14.1 Å².